The molecule has 0 saturated heterocycles. The summed E-state index contributed by atoms with van der Waals surface area (Å²) in [6.45, 7) is 1.94. The first kappa shape index (κ1) is 24.0. The number of carbonyl (C=O) groups excluding carboxylic acids is 4. The number of nitrogens with one attached hydrogen (secondary N) is 1. The number of halogens is 1. The minimum absolute atomic E-state index is 0.0430. The van der Waals surface area contributed by atoms with Crippen molar-refractivity contribution in [3.05, 3.63) is 94.0 Å². The van der Waals surface area contributed by atoms with Gasteiger partial charge >= 0.3 is 5.97 Å². The number of carbonyl (C=O) groups is 4. The van der Waals surface area contributed by atoms with E-state index in [1.807, 2.05) is 31.2 Å². The van der Waals surface area contributed by atoms with Gasteiger partial charge in [-0.15, -0.1) is 0 Å². The van der Waals surface area contributed by atoms with Crippen molar-refractivity contribution in [3.8, 4) is 5.75 Å². The van der Waals surface area contributed by atoms with E-state index in [2.05, 4.69) is 5.32 Å². The Morgan fingerprint density at radius 3 is 2.49 bits per heavy atom. The molecule has 0 saturated carbocycles. The molecule has 3 aromatic rings. The number of ether oxygens (including phenoxy) is 2. The third kappa shape index (κ3) is 5.33. The molecule has 3 aromatic carbocycles. The number of hydrogen-bond acceptors (Lipinski definition) is 6. The van der Waals surface area contributed by atoms with Crippen LogP contribution in [0.3, 0.4) is 0 Å². The summed E-state index contributed by atoms with van der Waals surface area (Å²) in [5.41, 5.74) is 1.57. The summed E-state index contributed by atoms with van der Waals surface area (Å²) < 4.78 is 10.6. The number of rotatable bonds is 8. The highest BCUT2D eigenvalue weighted by molar-refractivity contribution is 6.39. The highest BCUT2D eigenvalue weighted by Gasteiger charge is 2.38. The number of esters is 1. The number of para-hydroxylation sites is 1. The maximum absolute atomic E-state index is 12.9. The highest BCUT2D eigenvalue weighted by atomic mass is 35.5. The van der Waals surface area contributed by atoms with Gasteiger partial charge < -0.3 is 14.8 Å². The molecular formula is C26H21ClN2O6. The molecule has 8 nitrogen and oxygen atoms in total. The third-order valence-corrected chi connectivity index (χ3v) is 5.55. The molecule has 0 aliphatic carbocycles. The summed E-state index contributed by atoms with van der Waals surface area (Å²) in [7, 11) is 0. The molecule has 0 fully saturated rings. The second-order valence-electron chi connectivity index (χ2n) is 7.75. The maximum atomic E-state index is 12.9. The zero-order valence-electron chi connectivity index (χ0n) is 18.7. The van der Waals surface area contributed by atoms with E-state index in [9.17, 15) is 19.2 Å². The van der Waals surface area contributed by atoms with Crippen molar-refractivity contribution in [2.45, 2.75) is 6.92 Å². The van der Waals surface area contributed by atoms with Crippen LogP contribution in [0.25, 0.3) is 0 Å². The zero-order valence-corrected chi connectivity index (χ0v) is 19.5. The van der Waals surface area contributed by atoms with Gasteiger partial charge in [-0.25, -0.2) is 9.69 Å². The molecule has 35 heavy (non-hydrogen) atoms. The monoisotopic (exact) mass is 492 g/mol. The third-order valence-electron chi connectivity index (χ3n) is 5.23. The van der Waals surface area contributed by atoms with Crippen molar-refractivity contribution in [3.63, 3.8) is 0 Å². The lowest BCUT2D eigenvalue weighted by molar-refractivity contribution is -0.124. The number of benzene rings is 3. The van der Waals surface area contributed by atoms with Gasteiger partial charge in [0.2, 0.25) is 0 Å². The fourth-order valence-electron chi connectivity index (χ4n) is 3.55. The standard InChI is InChI=1S/C26H21ClN2O6/c1-16-5-4-6-18(13-16)34-12-11-28-23(30)15-35-26(33)17-9-10-19-20(14-17)25(32)29(24(19)31)22-8-3-2-7-21(22)27/h2-10,13-14H,11-12,15H2,1H3,(H,28,30). The first-order chi connectivity index (χ1) is 16.8. The van der Waals surface area contributed by atoms with Crippen LogP contribution in [0.4, 0.5) is 5.69 Å². The molecule has 1 aliphatic rings. The van der Waals surface area contributed by atoms with Crippen molar-refractivity contribution in [2.24, 2.45) is 0 Å². The Hall–Kier alpha value is -4.17. The predicted octanol–water partition coefficient (Wildman–Crippen LogP) is 3.80. The van der Waals surface area contributed by atoms with Crippen LogP contribution in [-0.4, -0.2) is 43.4 Å². The Bertz CT molecular complexity index is 1320. The number of imide groups is 1. The molecule has 0 aromatic heterocycles. The van der Waals surface area contributed by atoms with Gasteiger partial charge in [-0.2, -0.15) is 0 Å². The second-order valence-corrected chi connectivity index (χ2v) is 8.16. The maximum Gasteiger partial charge on any atom is 0.338 e. The van der Waals surface area contributed by atoms with Crippen molar-refractivity contribution in [1.82, 2.24) is 5.32 Å². The Balaban J connectivity index is 1.31. The lowest BCUT2D eigenvalue weighted by Gasteiger charge is -2.15. The molecule has 1 aliphatic heterocycles. The average Bonchev–Trinajstić information content (AvgIpc) is 3.10. The molecular weight excluding hydrogens is 472 g/mol. The summed E-state index contributed by atoms with van der Waals surface area (Å²) in [5.74, 6) is -1.73. The topological polar surface area (TPSA) is 102 Å². The molecule has 0 radical (unpaired) electrons. The van der Waals surface area contributed by atoms with Gasteiger partial charge in [0.1, 0.15) is 12.4 Å². The average molecular weight is 493 g/mol. The van der Waals surface area contributed by atoms with Gasteiger partial charge in [-0.3, -0.25) is 14.4 Å². The zero-order chi connectivity index (χ0) is 24.9. The second kappa shape index (κ2) is 10.4. The quantitative estimate of drug-likeness (QED) is 0.291. The SMILES string of the molecule is Cc1cccc(OCCNC(=O)COC(=O)c2ccc3c(c2)C(=O)N(c2ccccc2Cl)C3=O)c1. The molecule has 0 atom stereocenters. The fraction of sp³-hybridized carbons (Fsp3) is 0.154. The van der Waals surface area contributed by atoms with Crippen LogP contribution < -0.4 is 15.0 Å². The molecule has 0 spiro atoms. The Labute approximate surface area is 206 Å². The molecule has 178 valence electrons. The molecule has 3 amide bonds. The van der Waals surface area contributed by atoms with Gasteiger partial charge in [-0.05, 0) is 55.0 Å². The van der Waals surface area contributed by atoms with E-state index in [0.717, 1.165) is 10.5 Å². The Morgan fingerprint density at radius 2 is 1.71 bits per heavy atom. The molecule has 0 bridgehead atoms. The molecule has 9 heteroatoms. The van der Waals surface area contributed by atoms with Crippen LogP contribution in [0.15, 0.2) is 66.7 Å². The molecule has 1 heterocycles. The van der Waals surface area contributed by atoms with Gasteiger partial charge in [-0.1, -0.05) is 35.9 Å². The molecule has 4 rings (SSSR count). The van der Waals surface area contributed by atoms with E-state index in [0.29, 0.717) is 5.75 Å². The number of amides is 3. The minimum atomic E-state index is -0.796. The molecule has 1 N–H and O–H groups in total. The van der Waals surface area contributed by atoms with Gasteiger partial charge in [0.05, 0.1) is 33.9 Å². The lowest BCUT2D eigenvalue weighted by atomic mass is 10.1. The number of hydrogen-bond donors (Lipinski definition) is 1. The predicted molar refractivity (Wildman–Crippen MR) is 129 cm³/mol. The summed E-state index contributed by atoms with van der Waals surface area (Å²) in [6, 6.07) is 18.0. The van der Waals surface area contributed by atoms with E-state index < -0.39 is 30.3 Å². The van der Waals surface area contributed by atoms with Crippen LogP contribution in [0.2, 0.25) is 5.02 Å². The smallest absolute Gasteiger partial charge is 0.338 e. The van der Waals surface area contributed by atoms with E-state index in [1.165, 1.54) is 18.2 Å². The van der Waals surface area contributed by atoms with Crippen molar-refractivity contribution in [2.75, 3.05) is 24.7 Å². The van der Waals surface area contributed by atoms with Gasteiger partial charge in [0.25, 0.3) is 17.7 Å². The van der Waals surface area contributed by atoms with Crippen molar-refractivity contribution in [1.29, 1.82) is 0 Å². The van der Waals surface area contributed by atoms with Crippen molar-refractivity contribution >= 4 is 41.0 Å². The normalized spacial score (nSPS) is 12.3. The first-order valence-electron chi connectivity index (χ1n) is 10.8. The van der Waals surface area contributed by atoms with Crippen LogP contribution in [-0.2, 0) is 9.53 Å². The molecule has 0 unspecified atom stereocenters. The van der Waals surface area contributed by atoms with E-state index in [-0.39, 0.29) is 40.6 Å². The van der Waals surface area contributed by atoms with Crippen LogP contribution in [0.5, 0.6) is 5.75 Å². The van der Waals surface area contributed by atoms with E-state index in [1.54, 1.807) is 24.3 Å². The number of nitrogens with zero attached hydrogens (tertiary/aromatic N) is 1. The summed E-state index contributed by atoms with van der Waals surface area (Å²) in [5, 5.41) is 2.85. The number of fused-ring (bicyclic) bond motifs is 1. The minimum Gasteiger partial charge on any atom is -0.492 e. The Morgan fingerprint density at radius 1 is 0.943 bits per heavy atom. The summed E-state index contributed by atoms with van der Waals surface area (Å²) in [6.07, 6.45) is 0. The van der Waals surface area contributed by atoms with Crippen LogP contribution in [0.1, 0.15) is 36.6 Å². The van der Waals surface area contributed by atoms with Crippen molar-refractivity contribution < 1.29 is 28.7 Å². The van der Waals surface area contributed by atoms with E-state index >= 15 is 0 Å². The van der Waals surface area contributed by atoms with Crippen LogP contribution in [0, 0.1) is 6.92 Å². The summed E-state index contributed by atoms with van der Waals surface area (Å²) >= 11 is 6.15. The van der Waals surface area contributed by atoms with E-state index in [4.69, 9.17) is 21.1 Å². The Kier molecular flexibility index (Phi) is 7.12. The summed E-state index contributed by atoms with van der Waals surface area (Å²) in [4.78, 5) is 51.0. The largest absolute Gasteiger partial charge is 0.492 e. The van der Waals surface area contributed by atoms with Gasteiger partial charge in [0, 0.05) is 0 Å². The number of anilines is 1. The lowest BCUT2D eigenvalue weighted by Crippen LogP contribution is -2.32. The first-order valence-corrected chi connectivity index (χ1v) is 11.1. The number of aryl methyl sites for hydroxylation is 1. The fourth-order valence-corrected chi connectivity index (χ4v) is 3.77. The van der Waals surface area contributed by atoms with Gasteiger partial charge in [0.15, 0.2) is 6.61 Å². The van der Waals surface area contributed by atoms with Crippen LogP contribution >= 0.6 is 11.6 Å². The highest BCUT2D eigenvalue weighted by Crippen LogP contribution is 2.33.